The maximum Gasteiger partial charge on any atom is 0.0906 e. The molecule has 0 heterocycles. The predicted octanol–water partition coefficient (Wildman–Crippen LogP) is 2.51. The quantitative estimate of drug-likeness (QED) is 0.566. The van der Waals surface area contributed by atoms with E-state index in [0.29, 0.717) is 12.5 Å². The Labute approximate surface area is 69.4 Å². The van der Waals surface area contributed by atoms with E-state index in [4.69, 9.17) is 0 Å². The van der Waals surface area contributed by atoms with Gasteiger partial charge in [-0.2, -0.15) is 0 Å². The maximum absolute atomic E-state index is 11.7. The number of nitrogens with one attached hydrogen (secondary N) is 1. The molecule has 0 fully saturated rings. The Balaban J connectivity index is 3.20. The van der Waals surface area contributed by atoms with Crippen LogP contribution in [0.3, 0.4) is 0 Å². The zero-order valence-corrected chi connectivity index (χ0v) is 7.70. The maximum atomic E-state index is 11.7. The molecule has 0 saturated heterocycles. The second kappa shape index (κ2) is 7.99. The molecule has 0 radical (unpaired) electrons. The molecule has 0 aliphatic heterocycles. The molecule has 0 bridgehead atoms. The lowest BCUT2D eigenvalue weighted by atomic mass is 10.1. The van der Waals surface area contributed by atoms with Gasteiger partial charge < -0.3 is 5.32 Å². The molecule has 0 aliphatic rings. The molecule has 1 N–H and O–H groups in total. The van der Waals surface area contributed by atoms with E-state index in [0.717, 1.165) is 13.0 Å². The number of hydrogen-bond donors (Lipinski definition) is 1. The van der Waals surface area contributed by atoms with E-state index in [1.54, 1.807) is 0 Å². The van der Waals surface area contributed by atoms with Crippen molar-refractivity contribution in [3.05, 3.63) is 0 Å². The van der Waals surface area contributed by atoms with Crippen molar-refractivity contribution in [2.45, 2.75) is 45.6 Å². The fraction of sp³-hybridized carbons (Fsp3) is 1.00. The Hall–Kier alpha value is -0.110. The standard InChI is InChI=1S/C9H20FN/c1-3-6-9(4-2)11-8-5-7-10/h9,11H,3-8H2,1-2H3. The average molecular weight is 161 g/mol. The second-order valence-electron chi connectivity index (χ2n) is 2.89. The third-order valence-corrected chi connectivity index (χ3v) is 1.87. The lowest BCUT2D eigenvalue weighted by molar-refractivity contribution is 0.417. The van der Waals surface area contributed by atoms with Crippen molar-refractivity contribution in [2.75, 3.05) is 13.2 Å². The van der Waals surface area contributed by atoms with Crippen LogP contribution in [0.15, 0.2) is 0 Å². The molecule has 0 aromatic rings. The normalized spacial score (nSPS) is 13.4. The van der Waals surface area contributed by atoms with Crippen LogP contribution in [0.1, 0.15) is 39.5 Å². The molecule has 68 valence electrons. The minimum atomic E-state index is -0.199. The Morgan fingerprint density at radius 1 is 1.36 bits per heavy atom. The van der Waals surface area contributed by atoms with Crippen LogP contribution >= 0.6 is 0 Å². The molecule has 1 nitrogen and oxygen atoms in total. The summed E-state index contributed by atoms with van der Waals surface area (Å²) in [5.74, 6) is 0. The molecule has 0 rings (SSSR count). The van der Waals surface area contributed by atoms with Crippen molar-refractivity contribution in [3.63, 3.8) is 0 Å². The van der Waals surface area contributed by atoms with Gasteiger partial charge >= 0.3 is 0 Å². The average Bonchev–Trinajstić information content (AvgIpc) is 2.03. The van der Waals surface area contributed by atoms with Crippen LogP contribution < -0.4 is 5.32 Å². The summed E-state index contributed by atoms with van der Waals surface area (Å²) in [6.07, 6.45) is 4.23. The minimum absolute atomic E-state index is 0.199. The van der Waals surface area contributed by atoms with Crippen LogP contribution in [0.5, 0.6) is 0 Å². The SMILES string of the molecule is CCCC(CC)NCCCF. The molecular formula is C9H20FN. The highest BCUT2D eigenvalue weighted by molar-refractivity contribution is 4.63. The lowest BCUT2D eigenvalue weighted by Gasteiger charge is -2.14. The smallest absolute Gasteiger partial charge is 0.0906 e. The van der Waals surface area contributed by atoms with Gasteiger partial charge in [-0.1, -0.05) is 20.3 Å². The highest BCUT2D eigenvalue weighted by atomic mass is 19.1. The molecule has 1 atom stereocenters. The molecule has 11 heavy (non-hydrogen) atoms. The van der Waals surface area contributed by atoms with E-state index in [1.165, 1.54) is 12.8 Å². The van der Waals surface area contributed by atoms with E-state index in [-0.39, 0.29) is 6.67 Å². The number of alkyl halides is 1. The molecule has 2 heteroatoms. The van der Waals surface area contributed by atoms with Gasteiger partial charge in [0.05, 0.1) is 6.67 Å². The molecule has 0 saturated carbocycles. The Bertz CT molecular complexity index is 76.0. The monoisotopic (exact) mass is 161 g/mol. The highest BCUT2D eigenvalue weighted by Gasteiger charge is 2.01. The van der Waals surface area contributed by atoms with Crippen molar-refractivity contribution in [1.82, 2.24) is 5.32 Å². The summed E-state index contributed by atoms with van der Waals surface area (Å²) in [5, 5.41) is 3.33. The van der Waals surface area contributed by atoms with Gasteiger partial charge in [-0.15, -0.1) is 0 Å². The largest absolute Gasteiger partial charge is 0.314 e. The molecular weight excluding hydrogens is 141 g/mol. The van der Waals surface area contributed by atoms with Gasteiger partial charge in [-0.05, 0) is 25.8 Å². The second-order valence-corrected chi connectivity index (χ2v) is 2.89. The third kappa shape index (κ3) is 6.29. The molecule has 1 unspecified atom stereocenters. The molecule has 0 spiro atoms. The number of rotatable bonds is 7. The van der Waals surface area contributed by atoms with Crippen molar-refractivity contribution in [3.8, 4) is 0 Å². The summed E-state index contributed by atoms with van der Waals surface area (Å²) in [7, 11) is 0. The summed E-state index contributed by atoms with van der Waals surface area (Å²) >= 11 is 0. The number of halogens is 1. The summed E-state index contributed by atoms with van der Waals surface area (Å²) in [4.78, 5) is 0. The molecule has 0 aromatic carbocycles. The predicted molar refractivity (Wildman–Crippen MR) is 47.6 cm³/mol. The topological polar surface area (TPSA) is 12.0 Å². The summed E-state index contributed by atoms with van der Waals surface area (Å²) < 4.78 is 11.7. The number of hydrogen-bond acceptors (Lipinski definition) is 1. The van der Waals surface area contributed by atoms with E-state index in [2.05, 4.69) is 19.2 Å². The third-order valence-electron chi connectivity index (χ3n) is 1.87. The first-order valence-electron chi connectivity index (χ1n) is 4.64. The van der Waals surface area contributed by atoms with Crippen molar-refractivity contribution in [2.24, 2.45) is 0 Å². The fourth-order valence-electron chi connectivity index (χ4n) is 1.17. The summed E-state index contributed by atoms with van der Waals surface area (Å²) in [6.45, 7) is 4.98. The van der Waals surface area contributed by atoms with Crippen molar-refractivity contribution in [1.29, 1.82) is 0 Å². The molecule has 0 amide bonds. The Morgan fingerprint density at radius 3 is 2.55 bits per heavy atom. The minimum Gasteiger partial charge on any atom is -0.314 e. The Kier molecular flexibility index (Phi) is 7.91. The first-order valence-corrected chi connectivity index (χ1v) is 4.64. The lowest BCUT2D eigenvalue weighted by Crippen LogP contribution is -2.29. The van der Waals surface area contributed by atoms with E-state index >= 15 is 0 Å². The van der Waals surface area contributed by atoms with E-state index in [1.807, 2.05) is 0 Å². The van der Waals surface area contributed by atoms with Crippen molar-refractivity contribution < 1.29 is 4.39 Å². The summed E-state index contributed by atoms with van der Waals surface area (Å²) in [6, 6.07) is 0.603. The van der Waals surface area contributed by atoms with Crippen LogP contribution in [0.2, 0.25) is 0 Å². The van der Waals surface area contributed by atoms with Crippen LogP contribution in [0.25, 0.3) is 0 Å². The van der Waals surface area contributed by atoms with E-state index in [9.17, 15) is 4.39 Å². The van der Waals surface area contributed by atoms with Gasteiger partial charge in [0.15, 0.2) is 0 Å². The van der Waals surface area contributed by atoms with E-state index < -0.39 is 0 Å². The fourth-order valence-corrected chi connectivity index (χ4v) is 1.17. The van der Waals surface area contributed by atoms with Gasteiger partial charge in [0.2, 0.25) is 0 Å². The van der Waals surface area contributed by atoms with Crippen LogP contribution in [-0.2, 0) is 0 Å². The van der Waals surface area contributed by atoms with Gasteiger partial charge in [-0.25, -0.2) is 0 Å². The summed E-state index contributed by atoms with van der Waals surface area (Å²) in [5.41, 5.74) is 0. The zero-order valence-electron chi connectivity index (χ0n) is 7.70. The zero-order chi connectivity index (χ0) is 8.53. The van der Waals surface area contributed by atoms with Crippen LogP contribution in [0, 0.1) is 0 Å². The van der Waals surface area contributed by atoms with Gasteiger partial charge in [0.25, 0.3) is 0 Å². The molecule has 0 aromatic heterocycles. The highest BCUT2D eigenvalue weighted by Crippen LogP contribution is 2.00. The van der Waals surface area contributed by atoms with Crippen LogP contribution in [0.4, 0.5) is 4.39 Å². The van der Waals surface area contributed by atoms with Gasteiger partial charge in [0, 0.05) is 6.04 Å². The van der Waals surface area contributed by atoms with Gasteiger partial charge in [0.1, 0.15) is 0 Å². The first kappa shape index (κ1) is 10.9. The van der Waals surface area contributed by atoms with Gasteiger partial charge in [-0.3, -0.25) is 4.39 Å². The van der Waals surface area contributed by atoms with Crippen LogP contribution in [-0.4, -0.2) is 19.3 Å². The Morgan fingerprint density at radius 2 is 2.09 bits per heavy atom. The molecule has 0 aliphatic carbocycles. The first-order chi connectivity index (χ1) is 5.35. The van der Waals surface area contributed by atoms with Crippen molar-refractivity contribution >= 4 is 0 Å².